The first kappa shape index (κ1) is 27.6. The van der Waals surface area contributed by atoms with Crippen LogP contribution in [0, 0.1) is 0 Å². The van der Waals surface area contributed by atoms with Gasteiger partial charge < -0.3 is 15.8 Å². The standard InChI is InChI=1S/C17H18ClFN2O4S.C2H6O3S/c18-15-11-13(20)5-8-16(15)25-10-2-1-9-21-17(22)12-3-6-14(7-4-12)26(19,23)24;1-2-6(3,4)5/h3-8,11H,1-2,9-10,20H2,(H,21,22);2H2,1H3,(H,3,4,5). The van der Waals surface area contributed by atoms with Crippen molar-refractivity contribution in [3.05, 3.63) is 53.1 Å². The molecule has 0 bridgehead atoms. The molecular formula is C19H24ClFN2O7S2. The zero-order chi connectivity index (χ0) is 24.4. The summed E-state index contributed by atoms with van der Waals surface area (Å²) in [5.74, 6) is -0.0180. The van der Waals surface area contributed by atoms with Crippen LogP contribution in [0.3, 0.4) is 0 Å². The van der Waals surface area contributed by atoms with Gasteiger partial charge in [-0.05, 0) is 62.2 Å². The molecule has 2 aromatic carbocycles. The zero-order valence-electron chi connectivity index (χ0n) is 17.1. The molecule has 0 saturated carbocycles. The minimum atomic E-state index is -4.76. The highest BCUT2D eigenvalue weighted by atomic mass is 35.5. The van der Waals surface area contributed by atoms with E-state index in [0.29, 0.717) is 42.5 Å². The number of hydrogen-bond donors (Lipinski definition) is 3. The Balaban J connectivity index is 0.000000751. The Morgan fingerprint density at radius 2 is 1.72 bits per heavy atom. The zero-order valence-corrected chi connectivity index (χ0v) is 19.5. The maximum absolute atomic E-state index is 12.8. The van der Waals surface area contributed by atoms with E-state index >= 15 is 0 Å². The van der Waals surface area contributed by atoms with Gasteiger partial charge in [0.25, 0.3) is 16.0 Å². The first-order valence-electron chi connectivity index (χ1n) is 9.29. The molecule has 0 unspecified atom stereocenters. The summed E-state index contributed by atoms with van der Waals surface area (Å²) in [6.07, 6.45) is 1.37. The molecule has 32 heavy (non-hydrogen) atoms. The van der Waals surface area contributed by atoms with Crippen molar-refractivity contribution in [1.29, 1.82) is 0 Å². The van der Waals surface area contributed by atoms with Crippen LogP contribution in [-0.2, 0) is 20.3 Å². The summed E-state index contributed by atoms with van der Waals surface area (Å²) in [6, 6.07) is 9.61. The van der Waals surface area contributed by atoms with Gasteiger partial charge in [-0.1, -0.05) is 11.6 Å². The van der Waals surface area contributed by atoms with E-state index in [1.165, 1.54) is 19.1 Å². The van der Waals surface area contributed by atoms with Gasteiger partial charge in [-0.15, -0.1) is 3.89 Å². The summed E-state index contributed by atoms with van der Waals surface area (Å²) < 4.78 is 66.7. The molecule has 2 rings (SSSR count). The van der Waals surface area contributed by atoms with E-state index in [-0.39, 0.29) is 17.2 Å². The maximum Gasteiger partial charge on any atom is 0.332 e. The molecule has 0 aliphatic rings. The van der Waals surface area contributed by atoms with E-state index in [2.05, 4.69) is 5.32 Å². The van der Waals surface area contributed by atoms with Crippen molar-refractivity contribution < 1.29 is 34.8 Å². The fraction of sp³-hybridized carbons (Fsp3) is 0.316. The van der Waals surface area contributed by atoms with Crippen molar-refractivity contribution in [3.8, 4) is 5.75 Å². The van der Waals surface area contributed by atoms with Crippen LogP contribution in [0.15, 0.2) is 47.4 Å². The summed E-state index contributed by atoms with van der Waals surface area (Å²) in [4.78, 5) is 11.4. The van der Waals surface area contributed by atoms with Gasteiger partial charge in [-0.2, -0.15) is 16.8 Å². The Kier molecular flexibility index (Phi) is 10.9. The van der Waals surface area contributed by atoms with Crippen LogP contribution >= 0.6 is 11.6 Å². The van der Waals surface area contributed by atoms with Gasteiger partial charge in [-0.25, -0.2) is 0 Å². The molecule has 0 radical (unpaired) electrons. The summed E-state index contributed by atoms with van der Waals surface area (Å²) in [7, 11) is -8.42. The molecule has 9 nitrogen and oxygen atoms in total. The lowest BCUT2D eigenvalue weighted by Gasteiger charge is -2.09. The Hall–Kier alpha value is -2.41. The summed E-state index contributed by atoms with van der Waals surface area (Å²) >= 11 is 6.00. The summed E-state index contributed by atoms with van der Waals surface area (Å²) in [6.45, 7) is 2.22. The third-order valence-electron chi connectivity index (χ3n) is 3.83. The van der Waals surface area contributed by atoms with Gasteiger partial charge in [0.15, 0.2) is 0 Å². The molecule has 2 aromatic rings. The third kappa shape index (κ3) is 10.8. The number of nitrogens with two attached hydrogens (primary N) is 1. The SMILES string of the molecule is CCS(=O)(=O)O.Nc1ccc(OCCCCNC(=O)c2ccc(S(=O)(=O)F)cc2)c(Cl)c1. The first-order chi connectivity index (χ1) is 14.8. The van der Waals surface area contributed by atoms with Gasteiger partial charge >= 0.3 is 10.2 Å². The lowest BCUT2D eigenvalue weighted by atomic mass is 10.2. The van der Waals surface area contributed by atoms with E-state index < -0.39 is 25.2 Å². The van der Waals surface area contributed by atoms with Crippen molar-refractivity contribution >= 4 is 43.5 Å². The van der Waals surface area contributed by atoms with E-state index in [1.807, 2.05) is 0 Å². The quantitative estimate of drug-likeness (QED) is 0.201. The molecule has 13 heteroatoms. The molecular weight excluding hydrogens is 487 g/mol. The second-order valence-corrected chi connectivity index (χ2v) is 9.83. The Morgan fingerprint density at radius 1 is 1.12 bits per heavy atom. The van der Waals surface area contributed by atoms with Gasteiger partial charge in [0.2, 0.25) is 0 Å². The van der Waals surface area contributed by atoms with Gasteiger partial charge in [0.05, 0.1) is 22.3 Å². The van der Waals surface area contributed by atoms with E-state index in [9.17, 15) is 25.5 Å². The largest absolute Gasteiger partial charge is 0.492 e. The molecule has 0 aromatic heterocycles. The van der Waals surface area contributed by atoms with E-state index in [1.54, 1.807) is 18.2 Å². The number of carbonyl (C=O) groups excluding carboxylic acids is 1. The molecule has 178 valence electrons. The van der Waals surface area contributed by atoms with Crippen molar-refractivity contribution in [2.75, 3.05) is 24.6 Å². The van der Waals surface area contributed by atoms with Crippen LogP contribution in [0.25, 0.3) is 0 Å². The number of hydrogen-bond acceptors (Lipinski definition) is 7. The molecule has 0 spiro atoms. The van der Waals surface area contributed by atoms with E-state index in [0.717, 1.165) is 12.1 Å². The topological polar surface area (TPSA) is 153 Å². The molecule has 0 fully saturated rings. The number of amides is 1. The summed E-state index contributed by atoms with van der Waals surface area (Å²) in [5.41, 5.74) is 6.41. The second kappa shape index (κ2) is 12.6. The second-order valence-electron chi connectivity index (χ2n) is 6.33. The number of nitrogen functional groups attached to an aromatic ring is 1. The average Bonchev–Trinajstić information content (AvgIpc) is 2.71. The van der Waals surface area contributed by atoms with Crippen LogP contribution in [0.2, 0.25) is 5.02 Å². The van der Waals surface area contributed by atoms with Crippen LogP contribution in [0.1, 0.15) is 30.1 Å². The van der Waals surface area contributed by atoms with Gasteiger partial charge in [0, 0.05) is 17.8 Å². The molecule has 0 saturated heterocycles. The number of rotatable bonds is 9. The van der Waals surface area contributed by atoms with Crippen LogP contribution in [0.5, 0.6) is 5.75 Å². The lowest BCUT2D eigenvalue weighted by molar-refractivity contribution is 0.0952. The number of nitrogens with one attached hydrogen (secondary N) is 1. The predicted octanol–water partition coefficient (Wildman–Crippen LogP) is 3.06. The highest BCUT2D eigenvalue weighted by Gasteiger charge is 2.12. The number of carbonyl (C=O) groups is 1. The smallest absolute Gasteiger partial charge is 0.332 e. The third-order valence-corrected chi connectivity index (χ3v) is 5.69. The average molecular weight is 511 g/mol. The van der Waals surface area contributed by atoms with Crippen molar-refractivity contribution in [2.24, 2.45) is 0 Å². The van der Waals surface area contributed by atoms with Gasteiger partial charge in [-0.3, -0.25) is 9.35 Å². The van der Waals surface area contributed by atoms with E-state index in [4.69, 9.17) is 26.6 Å². The molecule has 0 heterocycles. The fourth-order valence-corrected chi connectivity index (χ4v) is 2.82. The lowest BCUT2D eigenvalue weighted by Crippen LogP contribution is -2.24. The Morgan fingerprint density at radius 3 is 2.22 bits per heavy atom. The number of anilines is 1. The maximum atomic E-state index is 12.8. The molecule has 0 aliphatic heterocycles. The van der Waals surface area contributed by atoms with Crippen molar-refractivity contribution in [1.82, 2.24) is 5.32 Å². The summed E-state index contributed by atoms with van der Waals surface area (Å²) in [5, 5.41) is 3.14. The fourth-order valence-electron chi connectivity index (χ4n) is 2.12. The van der Waals surface area contributed by atoms with Crippen LogP contribution < -0.4 is 15.8 Å². The number of unbranched alkanes of at least 4 members (excludes halogenated alkanes) is 1. The van der Waals surface area contributed by atoms with Crippen LogP contribution in [0.4, 0.5) is 9.57 Å². The van der Waals surface area contributed by atoms with Gasteiger partial charge in [0.1, 0.15) is 5.75 Å². The molecule has 1 amide bonds. The highest BCUT2D eigenvalue weighted by molar-refractivity contribution is 7.86. The molecule has 0 aliphatic carbocycles. The Bertz CT molecular complexity index is 1110. The predicted molar refractivity (Wildman–Crippen MR) is 120 cm³/mol. The first-order valence-corrected chi connectivity index (χ1v) is 12.7. The highest BCUT2D eigenvalue weighted by Crippen LogP contribution is 2.26. The Labute approximate surface area is 191 Å². The van der Waals surface area contributed by atoms with Crippen molar-refractivity contribution in [3.63, 3.8) is 0 Å². The number of halogens is 2. The minimum Gasteiger partial charge on any atom is -0.492 e. The van der Waals surface area contributed by atoms with Crippen molar-refractivity contribution in [2.45, 2.75) is 24.7 Å². The number of ether oxygens (including phenoxy) is 1. The number of benzene rings is 2. The molecule has 0 atom stereocenters. The molecule has 4 N–H and O–H groups in total. The van der Waals surface area contributed by atoms with Crippen LogP contribution in [-0.4, -0.2) is 46.2 Å². The normalized spacial score (nSPS) is 11.2. The minimum absolute atomic E-state index is 0.201. The monoisotopic (exact) mass is 510 g/mol.